The molecule has 1 aliphatic heterocycles. The maximum absolute atomic E-state index is 13.2. The van der Waals surface area contributed by atoms with E-state index in [2.05, 4.69) is 32.5 Å². The average molecular weight is 474 g/mol. The maximum atomic E-state index is 13.2. The number of fused-ring (bicyclic) bond motifs is 1. The number of morpholine rings is 1. The molecule has 182 valence electrons. The third-order valence-corrected chi connectivity index (χ3v) is 6.69. The molecule has 1 atom stereocenters. The average Bonchev–Trinajstić information content (AvgIpc) is 3.71. The first kappa shape index (κ1) is 23.4. The number of carbonyl (C=O) groups excluding carboxylic acids is 2. The number of rotatable bonds is 8. The van der Waals surface area contributed by atoms with Crippen LogP contribution in [-0.4, -0.2) is 76.2 Å². The van der Waals surface area contributed by atoms with Crippen LogP contribution >= 0.6 is 0 Å². The number of aromatic nitrogens is 2. The second-order valence-corrected chi connectivity index (χ2v) is 9.71. The summed E-state index contributed by atoms with van der Waals surface area (Å²) in [5, 5.41) is 11.8. The maximum Gasteiger partial charge on any atom is 0.253 e. The van der Waals surface area contributed by atoms with Crippen molar-refractivity contribution in [3.63, 3.8) is 0 Å². The Morgan fingerprint density at radius 3 is 2.71 bits per heavy atom. The van der Waals surface area contributed by atoms with Crippen molar-refractivity contribution in [2.45, 2.75) is 38.0 Å². The Balaban J connectivity index is 1.19. The van der Waals surface area contributed by atoms with Crippen LogP contribution < -0.4 is 5.32 Å². The molecule has 0 bridgehead atoms. The topological polar surface area (TPSA) is 87.7 Å². The Bertz CT molecular complexity index is 1190. The van der Waals surface area contributed by atoms with Crippen LogP contribution in [0.3, 0.4) is 0 Å². The number of carbonyl (C=O) groups is 2. The summed E-state index contributed by atoms with van der Waals surface area (Å²) in [6, 6.07) is 18.0. The second kappa shape index (κ2) is 10.1. The summed E-state index contributed by atoms with van der Waals surface area (Å²) in [6.45, 7) is 5.10. The number of benzene rings is 2. The molecule has 0 spiro atoms. The number of ether oxygens (including phenoxy) is 1. The minimum absolute atomic E-state index is 0.152. The van der Waals surface area contributed by atoms with Gasteiger partial charge in [0.15, 0.2) is 0 Å². The minimum atomic E-state index is -0.589. The molecule has 1 saturated heterocycles. The van der Waals surface area contributed by atoms with Gasteiger partial charge in [-0.1, -0.05) is 48.5 Å². The van der Waals surface area contributed by atoms with Gasteiger partial charge in [0.1, 0.15) is 0 Å². The molecule has 2 amide bonds. The Kier molecular flexibility index (Phi) is 6.74. The molecular weight excluding hydrogens is 442 g/mol. The second-order valence-electron chi connectivity index (χ2n) is 9.71. The van der Waals surface area contributed by atoms with Crippen LogP contribution in [0.25, 0.3) is 10.9 Å². The van der Waals surface area contributed by atoms with E-state index in [0.29, 0.717) is 56.5 Å². The van der Waals surface area contributed by atoms with Gasteiger partial charge >= 0.3 is 0 Å². The van der Waals surface area contributed by atoms with Crippen molar-refractivity contribution in [2.24, 2.45) is 0 Å². The molecule has 1 saturated carbocycles. The summed E-state index contributed by atoms with van der Waals surface area (Å²) in [7, 11) is 0. The summed E-state index contributed by atoms with van der Waals surface area (Å²) in [5.41, 5.74) is 1.73. The van der Waals surface area contributed by atoms with Crippen LogP contribution in [0.1, 0.15) is 35.7 Å². The van der Waals surface area contributed by atoms with Gasteiger partial charge in [0.2, 0.25) is 5.91 Å². The molecule has 1 unspecified atom stereocenters. The van der Waals surface area contributed by atoms with Crippen molar-refractivity contribution < 1.29 is 14.3 Å². The van der Waals surface area contributed by atoms with E-state index in [-0.39, 0.29) is 11.8 Å². The predicted molar refractivity (Wildman–Crippen MR) is 133 cm³/mol. The third kappa shape index (κ3) is 5.66. The Morgan fingerprint density at radius 2 is 1.91 bits per heavy atom. The van der Waals surface area contributed by atoms with Crippen molar-refractivity contribution in [3.8, 4) is 0 Å². The first-order chi connectivity index (χ1) is 17.0. The van der Waals surface area contributed by atoms with Gasteiger partial charge in [0.05, 0.1) is 36.0 Å². The zero-order valence-corrected chi connectivity index (χ0v) is 20.0. The van der Waals surface area contributed by atoms with E-state index in [1.807, 2.05) is 54.3 Å². The molecule has 8 nitrogen and oxygen atoms in total. The lowest BCUT2D eigenvalue weighted by atomic mass is 10.0. The van der Waals surface area contributed by atoms with Gasteiger partial charge in [-0.25, -0.2) is 0 Å². The van der Waals surface area contributed by atoms with Crippen molar-refractivity contribution >= 4 is 22.7 Å². The molecule has 35 heavy (non-hydrogen) atoms. The van der Waals surface area contributed by atoms with E-state index in [4.69, 9.17) is 4.74 Å². The van der Waals surface area contributed by atoms with Crippen LogP contribution in [0.5, 0.6) is 0 Å². The molecule has 2 fully saturated rings. The summed E-state index contributed by atoms with van der Waals surface area (Å²) in [4.78, 5) is 30.3. The van der Waals surface area contributed by atoms with Gasteiger partial charge in [0.25, 0.3) is 5.91 Å². The van der Waals surface area contributed by atoms with Crippen molar-refractivity contribution in [2.75, 3.05) is 32.8 Å². The lowest BCUT2D eigenvalue weighted by molar-refractivity contribution is -0.139. The fraction of sp³-hybridized carbons (Fsp3) is 0.407. The molecule has 1 aliphatic carbocycles. The molecule has 0 radical (unpaired) electrons. The molecule has 5 rings (SSSR count). The normalized spacial score (nSPS) is 20.5. The quantitative estimate of drug-likeness (QED) is 0.541. The van der Waals surface area contributed by atoms with Gasteiger partial charge in [0, 0.05) is 37.6 Å². The van der Waals surface area contributed by atoms with Crippen LogP contribution in [0.4, 0.5) is 0 Å². The lowest BCUT2D eigenvalue weighted by Gasteiger charge is -2.41. The monoisotopic (exact) mass is 473 g/mol. The smallest absolute Gasteiger partial charge is 0.253 e. The Labute approximate surface area is 205 Å². The van der Waals surface area contributed by atoms with Crippen LogP contribution in [0.2, 0.25) is 0 Å². The highest BCUT2D eigenvalue weighted by molar-refractivity contribution is 6.05. The van der Waals surface area contributed by atoms with Gasteiger partial charge in [-0.15, -0.1) is 0 Å². The predicted octanol–water partition coefficient (Wildman–Crippen LogP) is 2.64. The molecule has 1 N–H and O–H groups in total. The highest BCUT2D eigenvalue weighted by atomic mass is 16.5. The molecule has 3 aromatic rings. The van der Waals surface area contributed by atoms with E-state index in [1.165, 1.54) is 6.20 Å². The highest BCUT2D eigenvalue weighted by Gasteiger charge is 2.37. The number of nitrogens with zero attached hydrogens (tertiary/aromatic N) is 4. The zero-order chi connectivity index (χ0) is 24.3. The first-order valence-corrected chi connectivity index (χ1v) is 12.2. The summed E-state index contributed by atoms with van der Waals surface area (Å²) < 4.78 is 6.06. The van der Waals surface area contributed by atoms with Crippen LogP contribution in [0.15, 0.2) is 60.8 Å². The van der Waals surface area contributed by atoms with Crippen molar-refractivity contribution in [1.82, 2.24) is 25.3 Å². The third-order valence-electron chi connectivity index (χ3n) is 6.69. The highest BCUT2D eigenvalue weighted by Crippen LogP contribution is 2.29. The van der Waals surface area contributed by atoms with Crippen LogP contribution in [0, 0.1) is 0 Å². The van der Waals surface area contributed by atoms with Gasteiger partial charge in [-0.3, -0.25) is 14.5 Å². The first-order valence-electron chi connectivity index (χ1n) is 12.2. The summed E-state index contributed by atoms with van der Waals surface area (Å²) in [5.74, 6) is -0.0594. The number of hydrogen-bond donors (Lipinski definition) is 1. The van der Waals surface area contributed by atoms with E-state index in [0.717, 1.165) is 23.8 Å². The molecule has 8 heteroatoms. The van der Waals surface area contributed by atoms with Gasteiger partial charge in [-0.05, 0) is 31.4 Å². The summed E-state index contributed by atoms with van der Waals surface area (Å²) in [6.07, 6.45) is 3.64. The van der Waals surface area contributed by atoms with E-state index in [9.17, 15) is 9.59 Å². The fourth-order valence-electron chi connectivity index (χ4n) is 4.68. The molecule has 1 aromatic heterocycles. The van der Waals surface area contributed by atoms with Gasteiger partial charge in [-0.2, -0.15) is 10.2 Å². The van der Waals surface area contributed by atoms with E-state index >= 15 is 0 Å². The number of hydrogen-bond acceptors (Lipinski definition) is 6. The minimum Gasteiger partial charge on any atom is -0.371 e. The Morgan fingerprint density at radius 1 is 1.14 bits per heavy atom. The molecule has 2 aliphatic rings. The molecule has 2 aromatic carbocycles. The van der Waals surface area contributed by atoms with Crippen molar-refractivity contribution in [1.29, 1.82) is 0 Å². The SMILES string of the molecule is CC1(CNC(=O)c2cnnc3ccccc23)CN(CC(=O)N(Cc2ccccc2)C2CC2)CCO1. The zero-order valence-electron chi connectivity index (χ0n) is 20.0. The van der Waals surface area contributed by atoms with Gasteiger partial charge < -0.3 is 15.0 Å². The molecule has 2 heterocycles. The fourth-order valence-corrected chi connectivity index (χ4v) is 4.68. The van der Waals surface area contributed by atoms with Crippen molar-refractivity contribution in [3.05, 3.63) is 71.9 Å². The van der Waals surface area contributed by atoms with E-state index < -0.39 is 5.60 Å². The number of amides is 2. The summed E-state index contributed by atoms with van der Waals surface area (Å²) >= 11 is 0. The Hall–Kier alpha value is -3.36. The standard InChI is InChI=1S/C27H31N5O3/c1-27(18-28-26(34)23-15-29-30-24-10-6-5-9-22(23)24)19-31(13-14-35-27)17-25(33)32(21-11-12-21)16-20-7-3-2-4-8-20/h2-10,15,21H,11-14,16-19H2,1H3,(H,28,34). The van der Waals surface area contributed by atoms with E-state index in [1.54, 1.807) is 0 Å². The molecular formula is C27H31N5O3. The lowest BCUT2D eigenvalue weighted by Crippen LogP contribution is -2.57. The number of nitrogens with one attached hydrogen (secondary N) is 1. The largest absolute Gasteiger partial charge is 0.371 e. The van der Waals surface area contributed by atoms with Crippen LogP contribution in [-0.2, 0) is 16.1 Å².